The van der Waals surface area contributed by atoms with Crippen molar-refractivity contribution in [3.8, 4) is 22.6 Å². The predicted octanol–water partition coefficient (Wildman–Crippen LogP) is 6.49. The van der Waals surface area contributed by atoms with Crippen molar-refractivity contribution < 1.29 is 6.85 Å². The average Bonchev–Trinajstić information content (AvgIpc) is 3.14. The Hall–Kier alpha value is -3.04. The van der Waals surface area contributed by atoms with Crippen LogP contribution in [0.25, 0.3) is 42.8 Å². The zero-order chi connectivity index (χ0) is 21.9. The highest BCUT2D eigenvalue weighted by Gasteiger charge is 2.10. The van der Waals surface area contributed by atoms with Crippen LogP contribution in [0, 0.1) is 6.92 Å². The van der Waals surface area contributed by atoms with E-state index in [4.69, 9.17) is 6.85 Å². The Kier molecular flexibility index (Phi) is 2.52. The zero-order valence-corrected chi connectivity index (χ0v) is 14.7. The van der Waals surface area contributed by atoms with Crippen molar-refractivity contribution in [1.29, 1.82) is 0 Å². The van der Waals surface area contributed by atoms with Gasteiger partial charge in [0.25, 0.3) is 0 Å². The molecule has 2 heterocycles. The molecule has 3 aromatic carbocycles. The highest BCUT2D eigenvalue weighted by atomic mass is 32.1. The van der Waals surface area contributed by atoms with E-state index in [2.05, 4.69) is 34.2 Å². The maximum absolute atomic E-state index is 8.24. The monoisotopic (exact) mass is 357 g/mol. The standard InChI is InChI=1S/C23H16N2S/c1-15-13-20(25-23(24-15)16-7-3-2-4-8-16)17-11-12-22-19(14-17)18-9-5-6-10-21(18)26-22/h2-14H,1H3/i2D,3D,4D,7D,8D. The van der Waals surface area contributed by atoms with Gasteiger partial charge < -0.3 is 0 Å². The molecule has 0 aliphatic heterocycles. The second-order valence-corrected chi connectivity index (χ2v) is 7.11. The molecule has 0 saturated heterocycles. The minimum atomic E-state index is -0.429. The molecule has 2 nitrogen and oxygen atoms in total. The summed E-state index contributed by atoms with van der Waals surface area (Å²) in [7, 11) is 0. The van der Waals surface area contributed by atoms with Crippen LogP contribution in [-0.4, -0.2) is 9.97 Å². The topological polar surface area (TPSA) is 25.8 Å². The molecule has 0 radical (unpaired) electrons. The third-order valence-corrected chi connectivity index (χ3v) is 5.40. The van der Waals surface area contributed by atoms with E-state index in [1.807, 2.05) is 31.2 Å². The highest BCUT2D eigenvalue weighted by Crippen LogP contribution is 2.36. The van der Waals surface area contributed by atoms with Crippen LogP contribution in [0.1, 0.15) is 12.5 Å². The molecule has 5 aromatic rings. The summed E-state index contributed by atoms with van der Waals surface area (Å²) in [5.41, 5.74) is 2.20. The molecule has 26 heavy (non-hydrogen) atoms. The summed E-state index contributed by atoms with van der Waals surface area (Å²) in [6, 6.07) is 14.4. The van der Waals surface area contributed by atoms with Gasteiger partial charge in [-0.3, -0.25) is 0 Å². The first kappa shape index (κ1) is 10.8. The van der Waals surface area contributed by atoms with Crippen LogP contribution in [0.5, 0.6) is 0 Å². The first-order valence-corrected chi connectivity index (χ1v) is 9.01. The van der Waals surface area contributed by atoms with E-state index in [0.29, 0.717) is 11.4 Å². The van der Waals surface area contributed by atoms with Gasteiger partial charge in [0.1, 0.15) is 0 Å². The third-order valence-electron chi connectivity index (χ3n) is 4.25. The van der Waals surface area contributed by atoms with Gasteiger partial charge in [-0.2, -0.15) is 0 Å². The SMILES string of the molecule is [2H]c1c([2H])c([2H])c(-c2nc(C)cc(-c3ccc4sc5ccccc5c4c3)n2)c([2H])c1[2H]. The van der Waals surface area contributed by atoms with E-state index >= 15 is 0 Å². The molecule has 0 atom stereocenters. The van der Waals surface area contributed by atoms with Gasteiger partial charge in [-0.25, -0.2) is 9.97 Å². The third kappa shape index (κ3) is 2.57. The van der Waals surface area contributed by atoms with Gasteiger partial charge in [0.15, 0.2) is 5.82 Å². The quantitative estimate of drug-likeness (QED) is 0.361. The minimum absolute atomic E-state index is 0.0120. The van der Waals surface area contributed by atoms with Crippen molar-refractivity contribution in [3.63, 3.8) is 0 Å². The van der Waals surface area contributed by atoms with Crippen LogP contribution >= 0.6 is 11.3 Å². The Labute approximate surface area is 162 Å². The van der Waals surface area contributed by atoms with Gasteiger partial charge in [0.2, 0.25) is 0 Å². The molecule has 2 aromatic heterocycles. The van der Waals surface area contributed by atoms with Crippen molar-refractivity contribution in [2.75, 3.05) is 0 Å². The zero-order valence-electron chi connectivity index (χ0n) is 18.9. The molecule has 0 saturated carbocycles. The number of nitrogens with zero attached hydrogens (tertiary/aromatic N) is 2. The van der Waals surface area contributed by atoms with E-state index < -0.39 is 18.1 Å². The number of rotatable bonds is 2. The summed E-state index contributed by atoms with van der Waals surface area (Å²) >= 11 is 1.74. The number of hydrogen-bond acceptors (Lipinski definition) is 3. The normalized spacial score (nSPS) is 14.0. The Morgan fingerprint density at radius 1 is 0.808 bits per heavy atom. The van der Waals surface area contributed by atoms with Crippen LogP contribution in [-0.2, 0) is 0 Å². The van der Waals surface area contributed by atoms with E-state index in [1.54, 1.807) is 11.3 Å². The summed E-state index contributed by atoms with van der Waals surface area (Å²) < 4.78 is 42.6. The van der Waals surface area contributed by atoms with Crippen LogP contribution < -0.4 is 0 Å². The number of thiophene rings is 1. The molecule has 3 heteroatoms. The Balaban J connectivity index is 1.73. The van der Waals surface area contributed by atoms with Crippen molar-refractivity contribution in [1.82, 2.24) is 9.97 Å². The lowest BCUT2D eigenvalue weighted by Crippen LogP contribution is -1.94. The molecule has 0 unspecified atom stereocenters. The average molecular weight is 357 g/mol. The van der Waals surface area contributed by atoms with Crippen LogP contribution in [0.3, 0.4) is 0 Å². The maximum Gasteiger partial charge on any atom is 0.160 e. The van der Waals surface area contributed by atoms with Gasteiger partial charge in [0, 0.05) is 37.0 Å². The number of fused-ring (bicyclic) bond motifs is 3. The van der Waals surface area contributed by atoms with Crippen LogP contribution in [0.2, 0.25) is 0 Å². The van der Waals surface area contributed by atoms with Crippen molar-refractivity contribution >= 4 is 31.5 Å². The molecule has 0 aliphatic rings. The first-order valence-electron chi connectivity index (χ1n) is 10.7. The largest absolute Gasteiger partial charge is 0.233 e. The predicted molar refractivity (Wildman–Crippen MR) is 111 cm³/mol. The Bertz CT molecular complexity index is 1480. The van der Waals surface area contributed by atoms with Crippen molar-refractivity contribution in [2.24, 2.45) is 0 Å². The van der Waals surface area contributed by atoms with Crippen molar-refractivity contribution in [3.05, 3.63) is 84.4 Å². The van der Waals surface area contributed by atoms with E-state index in [-0.39, 0.29) is 23.5 Å². The van der Waals surface area contributed by atoms with Gasteiger partial charge in [-0.1, -0.05) is 54.5 Å². The summed E-state index contributed by atoms with van der Waals surface area (Å²) in [5.74, 6) is 0.127. The van der Waals surface area contributed by atoms with Crippen LogP contribution in [0.4, 0.5) is 0 Å². The lowest BCUT2D eigenvalue weighted by atomic mass is 10.1. The van der Waals surface area contributed by atoms with Gasteiger partial charge >= 0.3 is 0 Å². The maximum atomic E-state index is 8.24. The van der Waals surface area contributed by atoms with E-state index in [9.17, 15) is 0 Å². The second kappa shape index (κ2) is 6.04. The fourth-order valence-corrected chi connectivity index (χ4v) is 4.16. The summed E-state index contributed by atoms with van der Waals surface area (Å²) in [5, 5.41) is 2.32. The molecule has 0 N–H and O–H groups in total. The van der Waals surface area contributed by atoms with Gasteiger partial charge in [-0.05, 0) is 31.2 Å². The number of hydrogen-bond donors (Lipinski definition) is 0. The van der Waals surface area contributed by atoms with E-state index in [0.717, 1.165) is 10.9 Å². The molecule has 0 bridgehead atoms. The summed E-state index contributed by atoms with van der Waals surface area (Å²) in [6.07, 6.45) is 0. The fourth-order valence-electron chi connectivity index (χ4n) is 3.08. The molecule has 0 amide bonds. The minimum Gasteiger partial charge on any atom is -0.233 e. The van der Waals surface area contributed by atoms with Gasteiger partial charge in [-0.15, -0.1) is 11.3 Å². The van der Waals surface area contributed by atoms with E-state index in [1.165, 1.54) is 14.8 Å². The van der Waals surface area contributed by atoms with Gasteiger partial charge in [0.05, 0.1) is 12.5 Å². The molecule has 5 rings (SSSR count). The Morgan fingerprint density at radius 3 is 2.50 bits per heavy atom. The molecule has 124 valence electrons. The molecule has 0 fully saturated rings. The van der Waals surface area contributed by atoms with Crippen LogP contribution in [0.15, 0.2) is 78.7 Å². The fraction of sp³-hybridized carbons (Fsp3) is 0.0435. The Morgan fingerprint density at radius 2 is 1.62 bits per heavy atom. The summed E-state index contributed by atoms with van der Waals surface area (Å²) in [6.45, 7) is 1.81. The number of aromatic nitrogens is 2. The second-order valence-electron chi connectivity index (χ2n) is 6.03. The number of benzene rings is 3. The lowest BCUT2D eigenvalue weighted by Gasteiger charge is -2.07. The molecular weight excluding hydrogens is 336 g/mol. The highest BCUT2D eigenvalue weighted by molar-refractivity contribution is 7.25. The summed E-state index contributed by atoms with van der Waals surface area (Å²) in [4.78, 5) is 8.99. The van der Waals surface area contributed by atoms with Crippen molar-refractivity contribution in [2.45, 2.75) is 6.92 Å². The molecule has 0 aliphatic carbocycles. The smallest absolute Gasteiger partial charge is 0.160 e. The first-order chi connectivity index (χ1) is 14.8. The molecular formula is C23H16N2S. The molecule has 0 spiro atoms. The lowest BCUT2D eigenvalue weighted by molar-refractivity contribution is 1.12. The number of aryl methyl sites for hydroxylation is 1.